The summed E-state index contributed by atoms with van der Waals surface area (Å²) in [7, 11) is -0.659. The second-order valence-electron chi connectivity index (χ2n) is 3.80. The number of sulfonamides is 1. The van der Waals surface area contributed by atoms with Gasteiger partial charge in [-0.3, -0.25) is 0 Å². The third-order valence-electron chi connectivity index (χ3n) is 2.61. The van der Waals surface area contributed by atoms with Gasteiger partial charge in [0.15, 0.2) is 0 Å². The smallest absolute Gasteiger partial charge is 0.244 e. The first kappa shape index (κ1) is 15.2. The molecule has 0 aromatic carbocycles. The first-order chi connectivity index (χ1) is 8.34. The van der Waals surface area contributed by atoms with Crippen molar-refractivity contribution < 1.29 is 13.5 Å². The van der Waals surface area contributed by atoms with Crippen LogP contribution in [0.3, 0.4) is 0 Å². The Labute approximate surface area is 112 Å². The highest BCUT2D eigenvalue weighted by Crippen LogP contribution is 2.24. The van der Waals surface area contributed by atoms with Crippen molar-refractivity contribution in [3.63, 3.8) is 0 Å². The van der Waals surface area contributed by atoms with E-state index in [-0.39, 0.29) is 16.5 Å². The molecule has 1 atom stereocenters. The number of anilines is 1. The van der Waals surface area contributed by atoms with Crippen LogP contribution in [0.5, 0.6) is 0 Å². The van der Waals surface area contributed by atoms with Crippen LogP contribution in [0.1, 0.15) is 6.92 Å². The van der Waals surface area contributed by atoms with Gasteiger partial charge in [-0.2, -0.15) is 4.31 Å². The van der Waals surface area contributed by atoms with Crippen LogP contribution >= 0.6 is 11.6 Å². The van der Waals surface area contributed by atoms with Crippen molar-refractivity contribution in [3.8, 4) is 0 Å². The van der Waals surface area contributed by atoms with E-state index in [4.69, 9.17) is 16.7 Å². The fraction of sp³-hybridized carbons (Fsp3) is 0.500. The van der Waals surface area contributed by atoms with Crippen molar-refractivity contribution in [3.05, 3.63) is 17.3 Å². The molecule has 0 amide bonds. The predicted octanol–water partition coefficient (Wildman–Crippen LogP) is 0.778. The maximum Gasteiger partial charge on any atom is 0.244 e. The van der Waals surface area contributed by atoms with E-state index in [9.17, 15) is 8.42 Å². The summed E-state index contributed by atoms with van der Waals surface area (Å²) in [6.07, 6.45) is 1.23. The van der Waals surface area contributed by atoms with Crippen LogP contribution in [0.4, 0.5) is 5.82 Å². The van der Waals surface area contributed by atoms with E-state index in [0.717, 1.165) is 4.31 Å². The molecule has 1 unspecified atom stereocenters. The zero-order valence-electron chi connectivity index (χ0n) is 10.4. The quantitative estimate of drug-likeness (QED) is 0.838. The third-order valence-corrected chi connectivity index (χ3v) is 4.84. The van der Waals surface area contributed by atoms with E-state index in [2.05, 4.69) is 10.3 Å². The lowest BCUT2D eigenvalue weighted by Gasteiger charge is -2.22. The molecule has 2 N–H and O–H groups in total. The van der Waals surface area contributed by atoms with Gasteiger partial charge in [-0.25, -0.2) is 13.4 Å². The molecule has 6 nitrogen and oxygen atoms in total. The van der Waals surface area contributed by atoms with Crippen LogP contribution in [-0.4, -0.2) is 49.6 Å². The van der Waals surface area contributed by atoms with Crippen molar-refractivity contribution in [1.82, 2.24) is 9.29 Å². The molecular formula is C10H16ClN3O3S. The minimum atomic E-state index is -3.70. The van der Waals surface area contributed by atoms with E-state index < -0.39 is 16.1 Å². The van der Waals surface area contributed by atoms with Crippen LogP contribution in [-0.2, 0) is 10.0 Å². The average Bonchev–Trinajstić information content (AvgIpc) is 2.36. The summed E-state index contributed by atoms with van der Waals surface area (Å²) in [6.45, 7) is 1.35. The summed E-state index contributed by atoms with van der Waals surface area (Å²) in [4.78, 5) is 3.91. The van der Waals surface area contributed by atoms with Gasteiger partial charge >= 0.3 is 0 Å². The van der Waals surface area contributed by atoms with Crippen molar-refractivity contribution in [2.24, 2.45) is 0 Å². The monoisotopic (exact) mass is 293 g/mol. The Morgan fingerprint density at radius 3 is 2.67 bits per heavy atom. The second-order valence-corrected chi connectivity index (χ2v) is 6.21. The van der Waals surface area contributed by atoms with Crippen LogP contribution in [0, 0.1) is 0 Å². The van der Waals surface area contributed by atoms with Crippen molar-refractivity contribution in [1.29, 1.82) is 0 Å². The molecule has 0 bridgehead atoms. The molecule has 0 spiro atoms. The highest BCUT2D eigenvalue weighted by Gasteiger charge is 2.25. The Morgan fingerprint density at radius 2 is 2.22 bits per heavy atom. The van der Waals surface area contributed by atoms with Gasteiger partial charge in [0.1, 0.15) is 10.7 Å². The lowest BCUT2D eigenvalue weighted by Crippen LogP contribution is -2.37. The molecule has 0 radical (unpaired) electrons. The fourth-order valence-corrected chi connectivity index (χ4v) is 2.91. The van der Waals surface area contributed by atoms with Crippen LogP contribution in [0.15, 0.2) is 17.2 Å². The van der Waals surface area contributed by atoms with Crippen LogP contribution in [0.25, 0.3) is 0 Å². The Kier molecular flexibility index (Phi) is 4.92. The number of likely N-dealkylation sites (N-methyl/N-ethyl adjacent to an activating group) is 1. The van der Waals surface area contributed by atoms with Gasteiger partial charge in [0.2, 0.25) is 10.0 Å². The fourth-order valence-electron chi connectivity index (χ4n) is 1.26. The molecular weight excluding hydrogens is 278 g/mol. The Hall–Kier alpha value is -0.890. The van der Waals surface area contributed by atoms with E-state index in [1.54, 1.807) is 14.0 Å². The number of aliphatic hydroxyl groups is 1. The van der Waals surface area contributed by atoms with Gasteiger partial charge in [-0.1, -0.05) is 11.6 Å². The van der Waals surface area contributed by atoms with Gasteiger partial charge < -0.3 is 10.4 Å². The highest BCUT2D eigenvalue weighted by molar-refractivity contribution is 7.89. The van der Waals surface area contributed by atoms with Crippen molar-refractivity contribution in [2.45, 2.75) is 17.9 Å². The highest BCUT2D eigenvalue weighted by atomic mass is 35.5. The minimum absolute atomic E-state index is 0.00528. The standard InChI is InChI=1S/C10H16ClN3O3S/c1-7(6-15)14(3)18(16,17)8-4-9(11)10(12-2)13-5-8/h4-5,7,15H,6H2,1-3H3,(H,12,13). The molecule has 0 saturated carbocycles. The molecule has 0 fully saturated rings. The molecule has 1 aromatic heterocycles. The van der Waals surface area contributed by atoms with E-state index >= 15 is 0 Å². The zero-order valence-corrected chi connectivity index (χ0v) is 12.0. The number of rotatable bonds is 5. The average molecular weight is 294 g/mol. The number of aromatic nitrogens is 1. The summed E-state index contributed by atoms with van der Waals surface area (Å²) >= 11 is 5.90. The number of nitrogens with zero attached hydrogens (tertiary/aromatic N) is 2. The Balaban J connectivity index is 3.17. The lowest BCUT2D eigenvalue weighted by atomic mass is 10.4. The maximum atomic E-state index is 12.2. The van der Waals surface area contributed by atoms with Gasteiger partial charge in [-0.15, -0.1) is 0 Å². The van der Waals surface area contributed by atoms with E-state index in [1.165, 1.54) is 19.3 Å². The van der Waals surface area contributed by atoms with Gasteiger partial charge in [0, 0.05) is 26.3 Å². The summed E-state index contributed by atoms with van der Waals surface area (Å²) in [6, 6.07) is 0.814. The van der Waals surface area contributed by atoms with Gasteiger partial charge in [0.25, 0.3) is 0 Å². The number of aliphatic hydroxyl groups excluding tert-OH is 1. The predicted molar refractivity (Wildman–Crippen MR) is 70.3 cm³/mol. The summed E-state index contributed by atoms with van der Waals surface area (Å²) in [5, 5.41) is 12.0. The Morgan fingerprint density at radius 1 is 1.61 bits per heavy atom. The molecule has 0 saturated heterocycles. The van der Waals surface area contributed by atoms with E-state index in [0.29, 0.717) is 5.82 Å². The topological polar surface area (TPSA) is 82.5 Å². The third kappa shape index (κ3) is 2.92. The van der Waals surface area contributed by atoms with Gasteiger partial charge in [0.05, 0.1) is 11.6 Å². The summed E-state index contributed by atoms with van der Waals surface area (Å²) in [5.74, 6) is 0.411. The van der Waals surface area contributed by atoms with Crippen molar-refractivity contribution >= 4 is 27.4 Å². The number of hydrogen-bond acceptors (Lipinski definition) is 5. The molecule has 0 aliphatic heterocycles. The SMILES string of the molecule is CNc1ncc(S(=O)(=O)N(C)C(C)CO)cc1Cl. The largest absolute Gasteiger partial charge is 0.395 e. The first-order valence-corrected chi connectivity index (χ1v) is 7.08. The van der Waals surface area contributed by atoms with Gasteiger partial charge in [-0.05, 0) is 13.0 Å². The lowest BCUT2D eigenvalue weighted by molar-refractivity contribution is 0.214. The maximum absolute atomic E-state index is 12.2. The zero-order chi connectivity index (χ0) is 13.9. The van der Waals surface area contributed by atoms with Crippen LogP contribution < -0.4 is 5.32 Å². The first-order valence-electron chi connectivity index (χ1n) is 5.26. The Bertz CT molecular complexity index is 521. The number of halogens is 1. The molecule has 102 valence electrons. The molecule has 1 heterocycles. The normalized spacial score (nSPS) is 13.7. The number of nitrogens with one attached hydrogen (secondary N) is 1. The second kappa shape index (κ2) is 5.83. The van der Waals surface area contributed by atoms with E-state index in [1.807, 2.05) is 0 Å². The molecule has 0 aliphatic carbocycles. The summed E-state index contributed by atoms with van der Waals surface area (Å²) < 4.78 is 25.4. The van der Waals surface area contributed by atoms with Crippen molar-refractivity contribution in [2.75, 3.05) is 26.0 Å². The molecule has 18 heavy (non-hydrogen) atoms. The molecule has 8 heteroatoms. The molecule has 1 rings (SSSR count). The molecule has 1 aromatic rings. The number of hydrogen-bond donors (Lipinski definition) is 2. The van der Waals surface area contributed by atoms with Crippen LogP contribution in [0.2, 0.25) is 5.02 Å². The molecule has 0 aliphatic rings. The minimum Gasteiger partial charge on any atom is -0.395 e. The number of pyridine rings is 1. The summed E-state index contributed by atoms with van der Waals surface area (Å²) in [5.41, 5.74) is 0.